The minimum Gasteiger partial charge on any atom is -0.336 e. The van der Waals surface area contributed by atoms with Crippen molar-refractivity contribution in [1.29, 1.82) is 0 Å². The van der Waals surface area contributed by atoms with Crippen molar-refractivity contribution in [3.8, 4) is 0 Å². The molecule has 1 fully saturated rings. The van der Waals surface area contributed by atoms with Gasteiger partial charge in [-0.15, -0.1) is 0 Å². The first-order chi connectivity index (χ1) is 17.3. The first-order valence-corrected chi connectivity index (χ1v) is 13.3. The summed E-state index contributed by atoms with van der Waals surface area (Å²) in [4.78, 5) is 30.1. The molecule has 2 N–H and O–H groups in total. The molecule has 0 saturated carbocycles. The Balaban J connectivity index is 1.47. The summed E-state index contributed by atoms with van der Waals surface area (Å²) in [5.74, 6) is -0.532. The maximum Gasteiger partial charge on any atom is 0.253 e. The molecule has 8 nitrogen and oxygen atoms in total. The molecular weight excluding hydrogens is 476 g/mol. The van der Waals surface area contributed by atoms with Crippen LogP contribution in [0.15, 0.2) is 89.8 Å². The van der Waals surface area contributed by atoms with E-state index < -0.39 is 22.0 Å². The number of anilines is 1. The lowest BCUT2D eigenvalue weighted by molar-refractivity contribution is -0.117. The average molecular weight is 507 g/mol. The van der Waals surface area contributed by atoms with Crippen molar-refractivity contribution in [3.05, 3.63) is 96.1 Å². The van der Waals surface area contributed by atoms with Crippen LogP contribution in [0, 0.1) is 0 Å². The number of rotatable bonds is 8. The van der Waals surface area contributed by atoms with Crippen LogP contribution in [-0.2, 0) is 21.2 Å². The van der Waals surface area contributed by atoms with Crippen LogP contribution in [0.5, 0.6) is 0 Å². The largest absolute Gasteiger partial charge is 0.336 e. The zero-order chi connectivity index (χ0) is 25.5. The number of hydrogen-bond acceptors (Lipinski definition) is 5. The van der Waals surface area contributed by atoms with Crippen LogP contribution in [0.4, 0.5) is 5.69 Å². The van der Waals surface area contributed by atoms with Crippen molar-refractivity contribution in [2.24, 2.45) is 0 Å². The third-order valence-electron chi connectivity index (χ3n) is 6.14. The van der Waals surface area contributed by atoms with Crippen LogP contribution in [0.2, 0.25) is 0 Å². The van der Waals surface area contributed by atoms with Gasteiger partial charge in [0.2, 0.25) is 15.9 Å². The topological polar surface area (TPSA) is 98.8 Å². The summed E-state index contributed by atoms with van der Waals surface area (Å²) < 4.78 is 28.4. The van der Waals surface area contributed by atoms with E-state index in [0.717, 1.165) is 18.7 Å². The van der Waals surface area contributed by atoms with E-state index in [1.807, 2.05) is 42.3 Å². The third kappa shape index (κ3) is 6.57. The number of benzene rings is 3. The molecular formula is C27H30N4O4S. The van der Waals surface area contributed by atoms with Crippen molar-refractivity contribution in [3.63, 3.8) is 0 Å². The monoisotopic (exact) mass is 506 g/mol. The van der Waals surface area contributed by atoms with Gasteiger partial charge in [-0.2, -0.15) is 4.72 Å². The van der Waals surface area contributed by atoms with Gasteiger partial charge in [0.05, 0.1) is 4.90 Å². The number of nitrogens with zero attached hydrogens (tertiary/aromatic N) is 2. The molecule has 36 heavy (non-hydrogen) atoms. The molecule has 0 unspecified atom stereocenters. The summed E-state index contributed by atoms with van der Waals surface area (Å²) in [6, 6.07) is 22.8. The molecule has 0 spiro atoms. The summed E-state index contributed by atoms with van der Waals surface area (Å²) in [6.07, 6.45) is 0.179. The first-order valence-electron chi connectivity index (χ1n) is 11.8. The Bertz CT molecular complexity index is 1270. The zero-order valence-corrected chi connectivity index (χ0v) is 20.9. The molecule has 188 valence electrons. The molecule has 0 aromatic heterocycles. The van der Waals surface area contributed by atoms with Crippen LogP contribution in [0.25, 0.3) is 0 Å². The van der Waals surface area contributed by atoms with Gasteiger partial charge in [-0.25, -0.2) is 8.42 Å². The Morgan fingerprint density at radius 1 is 0.833 bits per heavy atom. The highest BCUT2D eigenvalue weighted by atomic mass is 32.2. The van der Waals surface area contributed by atoms with E-state index in [9.17, 15) is 18.0 Å². The van der Waals surface area contributed by atoms with Gasteiger partial charge in [0, 0.05) is 37.4 Å². The van der Waals surface area contributed by atoms with Crippen LogP contribution in [-0.4, -0.2) is 69.3 Å². The van der Waals surface area contributed by atoms with Crippen molar-refractivity contribution >= 4 is 27.5 Å². The van der Waals surface area contributed by atoms with Crippen LogP contribution in [0.3, 0.4) is 0 Å². The molecule has 0 aliphatic carbocycles. The fourth-order valence-electron chi connectivity index (χ4n) is 4.01. The number of hydrogen-bond donors (Lipinski definition) is 2. The van der Waals surface area contributed by atoms with Gasteiger partial charge >= 0.3 is 0 Å². The average Bonchev–Trinajstić information content (AvgIpc) is 2.90. The molecule has 0 radical (unpaired) electrons. The summed E-state index contributed by atoms with van der Waals surface area (Å²) in [5, 5.41) is 2.79. The van der Waals surface area contributed by atoms with Gasteiger partial charge in [0.15, 0.2) is 0 Å². The lowest BCUT2D eigenvalue weighted by Crippen LogP contribution is -2.47. The summed E-state index contributed by atoms with van der Waals surface area (Å²) in [5.41, 5.74) is 1.84. The maximum atomic E-state index is 13.2. The molecule has 2 amide bonds. The zero-order valence-electron chi connectivity index (χ0n) is 20.1. The van der Waals surface area contributed by atoms with E-state index >= 15 is 0 Å². The fourth-order valence-corrected chi connectivity index (χ4v) is 5.23. The number of carbonyl (C=O) groups is 2. The Hall–Kier alpha value is -3.53. The smallest absolute Gasteiger partial charge is 0.253 e. The first kappa shape index (κ1) is 25.6. The second-order valence-electron chi connectivity index (χ2n) is 8.84. The van der Waals surface area contributed by atoms with Crippen LogP contribution < -0.4 is 10.0 Å². The Morgan fingerprint density at radius 2 is 1.42 bits per heavy atom. The minimum atomic E-state index is -3.92. The van der Waals surface area contributed by atoms with E-state index in [4.69, 9.17) is 0 Å². The number of amides is 2. The molecule has 0 bridgehead atoms. The van der Waals surface area contributed by atoms with Crippen molar-refractivity contribution in [1.82, 2.24) is 14.5 Å². The number of piperazine rings is 1. The number of carbonyl (C=O) groups excluding carboxylic acids is 2. The summed E-state index contributed by atoms with van der Waals surface area (Å²) in [7, 11) is -1.88. The van der Waals surface area contributed by atoms with Gasteiger partial charge in [0.25, 0.3) is 5.91 Å². The van der Waals surface area contributed by atoms with Crippen LogP contribution in [0.1, 0.15) is 15.9 Å². The fraction of sp³-hybridized carbons (Fsp3) is 0.259. The molecule has 9 heteroatoms. The van der Waals surface area contributed by atoms with Crippen LogP contribution >= 0.6 is 0 Å². The second kappa shape index (κ2) is 11.5. The van der Waals surface area contributed by atoms with E-state index in [-0.39, 0.29) is 17.2 Å². The Labute approximate surface area is 212 Å². The third-order valence-corrected chi connectivity index (χ3v) is 7.63. The number of likely N-dealkylation sites (N-methyl/N-ethyl adjacent to an activating group) is 1. The van der Waals surface area contributed by atoms with Crippen molar-refractivity contribution < 1.29 is 18.0 Å². The van der Waals surface area contributed by atoms with Gasteiger partial charge < -0.3 is 15.1 Å². The molecule has 1 heterocycles. The minimum absolute atomic E-state index is 0.0430. The maximum absolute atomic E-state index is 13.2. The predicted molar refractivity (Wildman–Crippen MR) is 139 cm³/mol. The Morgan fingerprint density at radius 3 is 2.03 bits per heavy atom. The Kier molecular flexibility index (Phi) is 8.14. The molecule has 4 rings (SSSR count). The predicted octanol–water partition coefficient (Wildman–Crippen LogP) is 2.60. The molecule has 1 atom stereocenters. The highest BCUT2D eigenvalue weighted by molar-refractivity contribution is 7.89. The van der Waals surface area contributed by atoms with Gasteiger partial charge in [-0.3, -0.25) is 9.59 Å². The normalized spacial score (nSPS) is 15.3. The summed E-state index contributed by atoms with van der Waals surface area (Å²) in [6.45, 7) is 3.02. The molecule has 3 aromatic rings. The van der Waals surface area contributed by atoms with Crippen molar-refractivity contribution in [2.45, 2.75) is 17.4 Å². The number of nitrogens with one attached hydrogen (secondary N) is 2. The lowest BCUT2D eigenvalue weighted by atomic mass is 10.1. The molecule has 1 saturated heterocycles. The summed E-state index contributed by atoms with van der Waals surface area (Å²) >= 11 is 0. The molecule has 1 aliphatic heterocycles. The lowest BCUT2D eigenvalue weighted by Gasteiger charge is -2.32. The molecule has 3 aromatic carbocycles. The molecule has 1 aliphatic rings. The quantitative estimate of drug-likeness (QED) is 0.489. The highest BCUT2D eigenvalue weighted by Crippen LogP contribution is 2.16. The number of sulfonamides is 1. The van der Waals surface area contributed by atoms with Gasteiger partial charge in [-0.05, 0) is 55.4 Å². The van der Waals surface area contributed by atoms with E-state index in [0.29, 0.717) is 24.3 Å². The van der Waals surface area contributed by atoms with E-state index in [1.54, 1.807) is 42.5 Å². The SMILES string of the molecule is CN1CCN(C(=O)c2ccc(NC(=O)[C@H](Cc3ccccc3)NS(=O)(=O)c3ccccc3)cc2)CC1. The standard InChI is InChI=1S/C27H30N4O4S/c1-30-16-18-31(19-17-30)27(33)22-12-14-23(15-13-22)28-26(32)25(20-21-8-4-2-5-9-21)29-36(34,35)24-10-6-3-7-11-24/h2-15,25,29H,16-20H2,1H3,(H,28,32)/t25-/m0/s1. The van der Waals surface area contributed by atoms with E-state index in [1.165, 1.54) is 12.1 Å². The highest BCUT2D eigenvalue weighted by Gasteiger charge is 2.26. The van der Waals surface area contributed by atoms with Crippen molar-refractivity contribution in [2.75, 3.05) is 38.5 Å². The van der Waals surface area contributed by atoms with Gasteiger partial charge in [0.1, 0.15) is 6.04 Å². The van der Waals surface area contributed by atoms with Gasteiger partial charge in [-0.1, -0.05) is 48.5 Å². The second-order valence-corrected chi connectivity index (χ2v) is 10.6. The van der Waals surface area contributed by atoms with E-state index in [2.05, 4.69) is 14.9 Å².